The fourth-order valence-electron chi connectivity index (χ4n) is 2.02. The summed E-state index contributed by atoms with van der Waals surface area (Å²) in [5.41, 5.74) is 3.21. The van der Waals surface area contributed by atoms with Gasteiger partial charge in [-0.05, 0) is 42.0 Å². The molecule has 2 amide bonds. The third kappa shape index (κ3) is 5.63. The summed E-state index contributed by atoms with van der Waals surface area (Å²) in [5.74, 6) is 0. The van der Waals surface area contributed by atoms with Crippen LogP contribution in [-0.2, 0) is 11.3 Å². The molecule has 0 atom stereocenters. The number of amides is 2. The summed E-state index contributed by atoms with van der Waals surface area (Å²) < 4.78 is 4.98. The van der Waals surface area contributed by atoms with E-state index < -0.39 is 0 Å². The third-order valence-corrected chi connectivity index (χ3v) is 3.31. The molecule has 24 heavy (non-hydrogen) atoms. The quantitative estimate of drug-likeness (QED) is 0.684. The zero-order valence-electron chi connectivity index (χ0n) is 13.5. The van der Waals surface area contributed by atoms with Gasteiger partial charge in [0.05, 0.1) is 18.2 Å². The highest BCUT2D eigenvalue weighted by atomic mass is 16.5. The molecule has 2 aromatic carbocycles. The smallest absolute Gasteiger partial charge is 0.319 e. The molecule has 0 aliphatic heterocycles. The van der Waals surface area contributed by atoms with Crippen molar-refractivity contribution < 1.29 is 9.53 Å². The minimum absolute atomic E-state index is 0.290. The van der Waals surface area contributed by atoms with E-state index in [1.807, 2.05) is 30.3 Å². The monoisotopic (exact) mass is 324 g/mol. The van der Waals surface area contributed by atoms with Gasteiger partial charge in [-0.15, -0.1) is 0 Å². The van der Waals surface area contributed by atoms with Gasteiger partial charge in [0.15, 0.2) is 0 Å². The highest BCUT2D eigenvalue weighted by molar-refractivity contribution is 5.89. The number of nitrogens with one attached hydrogen (secondary N) is 3. The topological polar surface area (TPSA) is 86.2 Å². The molecular weight excluding hydrogens is 304 g/mol. The van der Waals surface area contributed by atoms with Gasteiger partial charge in [0.25, 0.3) is 0 Å². The highest BCUT2D eigenvalue weighted by Gasteiger charge is 2.02. The first-order valence-corrected chi connectivity index (χ1v) is 7.58. The van der Waals surface area contributed by atoms with Gasteiger partial charge in [0, 0.05) is 31.6 Å². The molecule has 2 rings (SSSR count). The Labute approximate surface area is 141 Å². The molecule has 0 bridgehead atoms. The van der Waals surface area contributed by atoms with Crippen molar-refractivity contribution in [2.45, 2.75) is 6.54 Å². The maximum atomic E-state index is 11.9. The maximum absolute atomic E-state index is 11.9. The molecule has 0 aromatic heterocycles. The molecule has 0 saturated carbocycles. The minimum atomic E-state index is -0.290. The van der Waals surface area contributed by atoms with E-state index in [1.54, 1.807) is 31.4 Å². The number of nitriles is 1. The first-order valence-electron chi connectivity index (χ1n) is 7.58. The van der Waals surface area contributed by atoms with E-state index in [0.717, 1.165) is 17.8 Å². The first kappa shape index (κ1) is 17.3. The molecule has 2 aromatic rings. The van der Waals surface area contributed by atoms with Crippen LogP contribution in [0.2, 0.25) is 0 Å². The Balaban J connectivity index is 1.77. The predicted molar refractivity (Wildman–Crippen MR) is 93.8 cm³/mol. The van der Waals surface area contributed by atoms with Gasteiger partial charge in [-0.3, -0.25) is 0 Å². The van der Waals surface area contributed by atoms with Crippen molar-refractivity contribution in [1.29, 1.82) is 5.26 Å². The Hall–Kier alpha value is -3.04. The largest absolute Gasteiger partial charge is 0.383 e. The van der Waals surface area contributed by atoms with Crippen LogP contribution in [0.25, 0.3) is 0 Å². The zero-order chi connectivity index (χ0) is 17.2. The van der Waals surface area contributed by atoms with Crippen molar-refractivity contribution in [3.05, 3.63) is 59.7 Å². The average molecular weight is 324 g/mol. The molecule has 0 radical (unpaired) electrons. The van der Waals surface area contributed by atoms with Crippen molar-refractivity contribution in [3.63, 3.8) is 0 Å². The van der Waals surface area contributed by atoms with Crippen molar-refractivity contribution in [2.75, 3.05) is 30.9 Å². The lowest BCUT2D eigenvalue weighted by atomic mass is 10.2. The lowest BCUT2D eigenvalue weighted by Gasteiger charge is -2.09. The second-order valence-corrected chi connectivity index (χ2v) is 5.11. The average Bonchev–Trinajstić information content (AvgIpc) is 2.62. The lowest BCUT2D eigenvalue weighted by Crippen LogP contribution is -2.28. The summed E-state index contributed by atoms with van der Waals surface area (Å²) in [7, 11) is 1.67. The number of hydrogen-bond donors (Lipinski definition) is 3. The summed E-state index contributed by atoms with van der Waals surface area (Å²) in [4.78, 5) is 11.9. The van der Waals surface area contributed by atoms with Crippen molar-refractivity contribution >= 4 is 17.4 Å². The molecule has 6 heteroatoms. The van der Waals surface area contributed by atoms with E-state index in [4.69, 9.17) is 10.00 Å². The summed E-state index contributed by atoms with van der Waals surface area (Å²) in [6.45, 7) is 1.83. The second kappa shape index (κ2) is 9.18. The van der Waals surface area contributed by atoms with Crippen LogP contribution in [0.4, 0.5) is 16.2 Å². The molecule has 0 spiro atoms. The summed E-state index contributed by atoms with van der Waals surface area (Å²) in [6.07, 6.45) is 0. The van der Waals surface area contributed by atoms with Crippen LogP contribution in [0, 0.1) is 11.3 Å². The van der Waals surface area contributed by atoms with Crippen LogP contribution in [0.15, 0.2) is 48.5 Å². The maximum Gasteiger partial charge on any atom is 0.319 e. The molecule has 0 aliphatic rings. The molecule has 124 valence electrons. The van der Waals surface area contributed by atoms with Gasteiger partial charge in [-0.25, -0.2) is 4.79 Å². The lowest BCUT2D eigenvalue weighted by molar-refractivity contribution is 0.211. The Kier molecular flexibility index (Phi) is 6.62. The molecule has 3 N–H and O–H groups in total. The molecule has 0 unspecified atom stereocenters. The number of methoxy groups -OCH3 is 1. The third-order valence-electron chi connectivity index (χ3n) is 3.31. The van der Waals surface area contributed by atoms with Crippen LogP contribution in [0.1, 0.15) is 11.1 Å². The molecule has 0 aliphatic carbocycles. The van der Waals surface area contributed by atoms with E-state index in [-0.39, 0.29) is 6.03 Å². The second-order valence-electron chi connectivity index (χ2n) is 5.11. The molecule has 0 saturated heterocycles. The Morgan fingerprint density at radius 3 is 2.38 bits per heavy atom. The Morgan fingerprint density at radius 1 is 1.08 bits per heavy atom. The fourth-order valence-corrected chi connectivity index (χ4v) is 2.02. The summed E-state index contributed by atoms with van der Waals surface area (Å²) in [5, 5.41) is 17.5. The van der Waals surface area contributed by atoms with E-state index in [2.05, 4.69) is 16.0 Å². The molecular formula is C18H20N4O2. The number of benzene rings is 2. The van der Waals surface area contributed by atoms with E-state index >= 15 is 0 Å². The fraction of sp³-hybridized carbons (Fsp3) is 0.222. The van der Waals surface area contributed by atoms with Crippen LogP contribution in [0.5, 0.6) is 0 Å². The van der Waals surface area contributed by atoms with Gasteiger partial charge >= 0.3 is 6.03 Å². The number of rotatable bonds is 7. The van der Waals surface area contributed by atoms with E-state index in [0.29, 0.717) is 24.4 Å². The van der Waals surface area contributed by atoms with Crippen LogP contribution < -0.4 is 16.0 Å². The minimum Gasteiger partial charge on any atom is -0.383 e. The van der Waals surface area contributed by atoms with Gasteiger partial charge < -0.3 is 20.7 Å². The van der Waals surface area contributed by atoms with Crippen LogP contribution >= 0.6 is 0 Å². The van der Waals surface area contributed by atoms with Gasteiger partial charge in [0.2, 0.25) is 0 Å². The number of urea groups is 1. The van der Waals surface area contributed by atoms with Gasteiger partial charge in [-0.2, -0.15) is 5.26 Å². The Bertz CT molecular complexity index is 690. The zero-order valence-corrected chi connectivity index (χ0v) is 13.5. The normalized spacial score (nSPS) is 9.83. The van der Waals surface area contributed by atoms with E-state index in [1.165, 1.54) is 0 Å². The number of ether oxygens (including phenoxy) is 1. The van der Waals surface area contributed by atoms with Crippen molar-refractivity contribution in [1.82, 2.24) is 5.32 Å². The predicted octanol–water partition coefficient (Wildman–Crippen LogP) is 2.94. The first-order chi connectivity index (χ1) is 11.7. The number of hydrogen-bond acceptors (Lipinski definition) is 4. The molecule has 0 heterocycles. The number of carbonyl (C=O) groups excluding carboxylic acids is 1. The highest BCUT2D eigenvalue weighted by Crippen LogP contribution is 2.10. The Morgan fingerprint density at radius 2 is 1.75 bits per heavy atom. The van der Waals surface area contributed by atoms with E-state index in [9.17, 15) is 4.79 Å². The van der Waals surface area contributed by atoms with Gasteiger partial charge in [-0.1, -0.05) is 12.1 Å². The SMILES string of the molecule is COCCNc1ccc(CNC(=O)Nc2ccc(C#N)cc2)cc1. The number of nitrogens with zero attached hydrogens (tertiary/aromatic N) is 1. The number of carbonyl (C=O) groups is 1. The number of anilines is 2. The molecule has 0 fully saturated rings. The van der Waals surface area contributed by atoms with Crippen LogP contribution in [0.3, 0.4) is 0 Å². The summed E-state index contributed by atoms with van der Waals surface area (Å²) in [6, 6.07) is 16.3. The van der Waals surface area contributed by atoms with Crippen LogP contribution in [-0.4, -0.2) is 26.3 Å². The standard InChI is InChI=1S/C18H20N4O2/c1-24-11-10-20-16-6-4-15(5-7-16)13-21-18(23)22-17-8-2-14(12-19)3-9-17/h2-9,20H,10-11,13H2,1H3,(H2,21,22,23). The van der Waals surface area contributed by atoms with Crippen molar-refractivity contribution in [2.24, 2.45) is 0 Å². The van der Waals surface area contributed by atoms with Gasteiger partial charge in [0.1, 0.15) is 0 Å². The summed E-state index contributed by atoms with van der Waals surface area (Å²) >= 11 is 0. The molecule has 6 nitrogen and oxygen atoms in total. The van der Waals surface area contributed by atoms with Crippen molar-refractivity contribution in [3.8, 4) is 6.07 Å².